The maximum absolute atomic E-state index is 12.8. The molecule has 8 nitrogen and oxygen atoms in total. The number of rotatable bonds is 8. The largest absolute Gasteiger partial charge is 0.457 e. The topological polar surface area (TPSA) is 94.6 Å². The molecule has 0 unspecified atom stereocenters. The molecule has 1 fully saturated rings. The van der Waals surface area contributed by atoms with Crippen molar-refractivity contribution in [1.82, 2.24) is 14.6 Å². The van der Waals surface area contributed by atoms with Crippen LogP contribution in [0.5, 0.6) is 0 Å². The molecule has 0 bridgehead atoms. The van der Waals surface area contributed by atoms with E-state index >= 15 is 0 Å². The van der Waals surface area contributed by atoms with E-state index < -0.39 is 11.9 Å². The third-order valence-corrected chi connectivity index (χ3v) is 5.98. The lowest BCUT2D eigenvalue weighted by Gasteiger charge is -2.16. The summed E-state index contributed by atoms with van der Waals surface area (Å²) in [6, 6.07) is 13.4. The van der Waals surface area contributed by atoms with E-state index in [-0.39, 0.29) is 24.7 Å². The van der Waals surface area contributed by atoms with Crippen molar-refractivity contribution in [2.75, 3.05) is 19.7 Å². The van der Waals surface area contributed by atoms with E-state index in [1.54, 1.807) is 24.0 Å². The number of esters is 1. The number of likely N-dealkylation sites (tertiary alicyclic amines) is 1. The van der Waals surface area contributed by atoms with E-state index in [1.165, 1.54) is 0 Å². The number of hydrogen-bond acceptors (Lipinski definition) is 6. The highest BCUT2D eigenvalue weighted by atomic mass is 16.5. The molecule has 1 amide bonds. The van der Waals surface area contributed by atoms with Gasteiger partial charge in [0.2, 0.25) is 11.7 Å². The van der Waals surface area contributed by atoms with Gasteiger partial charge in [0.05, 0.1) is 5.92 Å². The molecule has 0 spiro atoms. The highest BCUT2D eigenvalue weighted by molar-refractivity contribution is 5.99. The lowest BCUT2D eigenvalue weighted by molar-refractivity contribution is -0.147. The molecular weight excluding hydrogens is 422 g/mol. The van der Waals surface area contributed by atoms with Gasteiger partial charge in [0.1, 0.15) is 5.76 Å². The predicted octanol–water partition coefficient (Wildman–Crippen LogP) is 3.21. The summed E-state index contributed by atoms with van der Waals surface area (Å²) in [4.78, 5) is 39.3. The first-order valence-electron chi connectivity index (χ1n) is 11.0. The number of Topliss-reactive ketones (excluding diaryl/α,β-unsaturated/α-hetero) is 1. The normalized spacial score (nSPS) is 15.8. The fourth-order valence-corrected chi connectivity index (χ4v) is 4.24. The van der Waals surface area contributed by atoms with E-state index in [1.807, 2.05) is 48.7 Å². The van der Waals surface area contributed by atoms with E-state index in [9.17, 15) is 14.4 Å². The Balaban J connectivity index is 1.32. The molecule has 8 heteroatoms. The van der Waals surface area contributed by atoms with Crippen molar-refractivity contribution in [3.8, 4) is 5.82 Å². The Morgan fingerprint density at radius 2 is 1.91 bits per heavy atom. The number of carbonyl (C=O) groups excluding carboxylic acids is 3. The van der Waals surface area contributed by atoms with Crippen LogP contribution in [0.4, 0.5) is 0 Å². The third-order valence-electron chi connectivity index (χ3n) is 5.98. The molecule has 2 aromatic heterocycles. The molecule has 33 heavy (non-hydrogen) atoms. The zero-order valence-electron chi connectivity index (χ0n) is 19.0. The summed E-state index contributed by atoms with van der Waals surface area (Å²) >= 11 is 0. The highest BCUT2D eigenvalue weighted by Gasteiger charge is 2.35. The summed E-state index contributed by atoms with van der Waals surface area (Å²) in [6.07, 6.45) is 0.843. The summed E-state index contributed by atoms with van der Waals surface area (Å²) in [5, 5.41) is 4.01. The average Bonchev–Trinajstić information content (AvgIpc) is 3.47. The van der Waals surface area contributed by atoms with Crippen molar-refractivity contribution in [3.05, 3.63) is 70.7 Å². The predicted molar refractivity (Wildman–Crippen MR) is 120 cm³/mol. The molecule has 1 aliphatic rings. The maximum atomic E-state index is 12.8. The van der Waals surface area contributed by atoms with Crippen LogP contribution < -0.4 is 0 Å². The van der Waals surface area contributed by atoms with E-state index in [4.69, 9.17) is 9.26 Å². The van der Waals surface area contributed by atoms with Gasteiger partial charge in [-0.2, -0.15) is 0 Å². The second-order valence-corrected chi connectivity index (χ2v) is 8.42. The highest BCUT2D eigenvalue weighted by Crippen LogP contribution is 2.23. The molecule has 3 heterocycles. The van der Waals surface area contributed by atoms with Crippen LogP contribution in [0.25, 0.3) is 5.82 Å². The molecule has 1 aliphatic heterocycles. The number of hydrogen-bond donors (Lipinski definition) is 0. The lowest BCUT2D eigenvalue weighted by Crippen LogP contribution is -2.29. The maximum Gasteiger partial charge on any atom is 0.311 e. The first-order chi connectivity index (χ1) is 15.8. The summed E-state index contributed by atoms with van der Waals surface area (Å²) in [5.74, 6) is -0.160. The minimum absolute atomic E-state index is 0.0642. The van der Waals surface area contributed by atoms with Crippen LogP contribution in [0.1, 0.15) is 39.5 Å². The van der Waals surface area contributed by atoms with Crippen LogP contribution in [-0.4, -0.2) is 52.0 Å². The Bertz CT molecular complexity index is 1180. The first-order valence-corrected chi connectivity index (χ1v) is 11.0. The Morgan fingerprint density at radius 1 is 1.15 bits per heavy atom. The molecule has 172 valence electrons. The number of amides is 1. The fraction of sp³-hybridized carbons (Fsp3) is 0.360. The molecule has 0 saturated carbocycles. The molecule has 1 saturated heterocycles. The van der Waals surface area contributed by atoms with E-state index in [0.29, 0.717) is 35.9 Å². The summed E-state index contributed by atoms with van der Waals surface area (Å²) in [6.45, 7) is 5.99. The van der Waals surface area contributed by atoms with Crippen molar-refractivity contribution in [2.45, 2.75) is 33.6 Å². The number of aryl methyl sites for hydroxylation is 2. The van der Waals surface area contributed by atoms with Gasteiger partial charge in [0.15, 0.2) is 12.4 Å². The second-order valence-electron chi connectivity index (χ2n) is 8.42. The molecule has 0 N–H and O–H groups in total. The summed E-state index contributed by atoms with van der Waals surface area (Å²) in [7, 11) is 0. The molecule has 1 atom stereocenters. The van der Waals surface area contributed by atoms with Crippen molar-refractivity contribution >= 4 is 17.7 Å². The number of nitrogens with zero attached hydrogens (tertiary/aromatic N) is 3. The van der Waals surface area contributed by atoms with Crippen LogP contribution in [0.15, 0.2) is 47.0 Å². The molecular formula is C25H27N3O5. The van der Waals surface area contributed by atoms with Gasteiger partial charge in [-0.05, 0) is 38.8 Å². The number of aromatic nitrogens is 2. The van der Waals surface area contributed by atoms with Gasteiger partial charge in [-0.15, -0.1) is 0 Å². The van der Waals surface area contributed by atoms with Crippen LogP contribution in [0.2, 0.25) is 0 Å². The van der Waals surface area contributed by atoms with Crippen LogP contribution in [0, 0.1) is 26.7 Å². The summed E-state index contributed by atoms with van der Waals surface area (Å²) < 4.78 is 12.3. The quantitative estimate of drug-likeness (QED) is 0.387. The van der Waals surface area contributed by atoms with Gasteiger partial charge < -0.3 is 14.2 Å². The van der Waals surface area contributed by atoms with Gasteiger partial charge >= 0.3 is 5.97 Å². The van der Waals surface area contributed by atoms with Crippen LogP contribution in [-0.2, 0) is 20.7 Å². The molecule has 1 aromatic carbocycles. The Kier molecular flexibility index (Phi) is 6.44. The van der Waals surface area contributed by atoms with Crippen molar-refractivity contribution in [2.24, 2.45) is 5.92 Å². The number of benzene rings is 1. The number of carbonyl (C=O) groups is 3. The van der Waals surface area contributed by atoms with Crippen LogP contribution >= 0.6 is 0 Å². The molecule has 0 aliphatic carbocycles. The van der Waals surface area contributed by atoms with E-state index in [2.05, 4.69) is 5.16 Å². The van der Waals surface area contributed by atoms with E-state index in [0.717, 1.165) is 17.7 Å². The molecule has 3 aromatic rings. The standard InChI is InChI=1S/C25H27N3O5/c1-16-11-21(18(3)28(16)23-12-17(2)33-26-23)22(29)15-32-25(31)20-13-24(30)27(14-20)10-9-19-7-5-4-6-8-19/h4-8,11-12,20H,9-10,13-15H2,1-3H3/t20-/m0/s1. The van der Waals surface area contributed by atoms with Crippen LogP contribution in [0.3, 0.4) is 0 Å². The van der Waals surface area contributed by atoms with Gasteiger partial charge in [-0.3, -0.25) is 19.0 Å². The SMILES string of the molecule is Cc1cc(-n2c(C)cc(C(=O)COC(=O)[C@H]3CC(=O)N(CCc4ccccc4)C3)c2C)no1. The van der Waals surface area contributed by atoms with Gasteiger partial charge in [-0.1, -0.05) is 35.5 Å². The number of ether oxygens (including phenoxy) is 1. The summed E-state index contributed by atoms with van der Waals surface area (Å²) in [5.41, 5.74) is 3.13. The number of ketones is 1. The van der Waals surface area contributed by atoms with Crippen molar-refractivity contribution < 1.29 is 23.6 Å². The zero-order chi connectivity index (χ0) is 23.5. The Hall–Kier alpha value is -3.68. The van der Waals surface area contributed by atoms with Gasteiger partial charge in [0.25, 0.3) is 0 Å². The zero-order valence-corrected chi connectivity index (χ0v) is 19.0. The minimum Gasteiger partial charge on any atom is -0.457 e. The van der Waals surface area contributed by atoms with Gasteiger partial charge in [0, 0.05) is 42.5 Å². The Labute approximate surface area is 192 Å². The average molecular weight is 450 g/mol. The monoisotopic (exact) mass is 449 g/mol. The molecule has 0 radical (unpaired) electrons. The fourth-order valence-electron chi connectivity index (χ4n) is 4.24. The van der Waals surface area contributed by atoms with Gasteiger partial charge in [-0.25, -0.2) is 0 Å². The lowest BCUT2D eigenvalue weighted by atomic mass is 10.1. The molecule has 4 rings (SSSR count). The third kappa shape index (κ3) is 4.89. The first kappa shape index (κ1) is 22.5. The Morgan fingerprint density at radius 3 is 2.61 bits per heavy atom. The smallest absolute Gasteiger partial charge is 0.311 e. The minimum atomic E-state index is -0.549. The van der Waals surface area contributed by atoms with Crippen molar-refractivity contribution in [1.29, 1.82) is 0 Å². The van der Waals surface area contributed by atoms with Crippen molar-refractivity contribution in [3.63, 3.8) is 0 Å². The second kappa shape index (κ2) is 9.44.